The number of rotatable bonds is 8. The van der Waals surface area contributed by atoms with Gasteiger partial charge in [0.05, 0.1) is 17.7 Å². The van der Waals surface area contributed by atoms with E-state index in [1.54, 1.807) is 19.1 Å². The Hall–Kier alpha value is -3.63. The summed E-state index contributed by atoms with van der Waals surface area (Å²) in [5, 5.41) is 4.03. The summed E-state index contributed by atoms with van der Waals surface area (Å²) < 4.78 is 4.75. The number of carbonyl (C=O) groups is 4. The SMILES string of the molecule is CCOC(=O)CNC(=O)N(CCCN=C(N)N)N1C(=O)c2ccccc2C1=O. The number of nitrogens with two attached hydrogens (primary N) is 2. The molecule has 1 aliphatic rings. The Morgan fingerprint density at radius 3 is 2.32 bits per heavy atom. The number of fused-ring (bicyclic) bond motifs is 1. The molecule has 0 saturated heterocycles. The van der Waals surface area contributed by atoms with Gasteiger partial charge in [-0.2, -0.15) is 5.01 Å². The smallest absolute Gasteiger partial charge is 0.337 e. The van der Waals surface area contributed by atoms with Crippen LogP contribution in [0.4, 0.5) is 4.79 Å². The highest BCUT2D eigenvalue weighted by Crippen LogP contribution is 2.24. The van der Waals surface area contributed by atoms with Crippen LogP contribution in [0.2, 0.25) is 0 Å². The minimum Gasteiger partial charge on any atom is -0.465 e. The first kappa shape index (κ1) is 20.7. The molecule has 2 rings (SSSR count). The molecule has 28 heavy (non-hydrogen) atoms. The van der Waals surface area contributed by atoms with Gasteiger partial charge in [-0.1, -0.05) is 12.1 Å². The fourth-order valence-corrected chi connectivity index (χ4v) is 2.57. The third-order valence-electron chi connectivity index (χ3n) is 3.76. The summed E-state index contributed by atoms with van der Waals surface area (Å²) in [6, 6.07) is 5.45. The van der Waals surface area contributed by atoms with E-state index < -0.39 is 30.4 Å². The van der Waals surface area contributed by atoms with Gasteiger partial charge in [0.15, 0.2) is 5.96 Å². The van der Waals surface area contributed by atoms with E-state index in [9.17, 15) is 19.2 Å². The molecule has 0 radical (unpaired) electrons. The molecular formula is C17H22N6O5. The van der Waals surface area contributed by atoms with Crippen molar-refractivity contribution in [1.82, 2.24) is 15.3 Å². The first-order valence-electron chi connectivity index (χ1n) is 8.61. The standard InChI is InChI=1S/C17H22N6O5/c1-2-28-13(24)10-21-17(27)22(9-5-8-20-16(18)19)23-14(25)11-6-3-4-7-12(11)15(23)26/h3-4,6-7H,2,5,8-10H2,1H3,(H,21,27)(H4,18,19,20). The minimum absolute atomic E-state index is 0.0308. The number of nitrogens with one attached hydrogen (secondary N) is 1. The Morgan fingerprint density at radius 1 is 1.18 bits per heavy atom. The van der Waals surface area contributed by atoms with Crippen molar-refractivity contribution in [3.05, 3.63) is 35.4 Å². The van der Waals surface area contributed by atoms with Gasteiger partial charge < -0.3 is 21.5 Å². The lowest BCUT2D eigenvalue weighted by Crippen LogP contribution is -2.54. The van der Waals surface area contributed by atoms with Gasteiger partial charge in [-0.05, 0) is 25.5 Å². The van der Waals surface area contributed by atoms with Crippen LogP contribution in [0.25, 0.3) is 0 Å². The van der Waals surface area contributed by atoms with Gasteiger partial charge in [-0.3, -0.25) is 19.4 Å². The van der Waals surface area contributed by atoms with Crippen molar-refractivity contribution in [2.75, 3.05) is 26.2 Å². The summed E-state index contributed by atoms with van der Waals surface area (Å²) >= 11 is 0. The number of carbonyl (C=O) groups excluding carboxylic acids is 4. The minimum atomic E-state index is -0.799. The predicted molar refractivity (Wildman–Crippen MR) is 99.0 cm³/mol. The number of hydrazine groups is 1. The largest absolute Gasteiger partial charge is 0.465 e. The predicted octanol–water partition coefficient (Wildman–Crippen LogP) is -0.564. The second-order valence-electron chi connectivity index (χ2n) is 5.71. The van der Waals surface area contributed by atoms with E-state index in [4.69, 9.17) is 16.2 Å². The zero-order valence-electron chi connectivity index (χ0n) is 15.4. The summed E-state index contributed by atoms with van der Waals surface area (Å²) in [7, 11) is 0. The molecule has 11 heteroatoms. The number of aliphatic imine (C=N–C) groups is 1. The van der Waals surface area contributed by atoms with Crippen molar-refractivity contribution in [1.29, 1.82) is 0 Å². The second-order valence-corrected chi connectivity index (χ2v) is 5.71. The van der Waals surface area contributed by atoms with Gasteiger partial charge in [0.1, 0.15) is 6.54 Å². The molecule has 0 aromatic heterocycles. The van der Waals surface area contributed by atoms with Gasteiger partial charge in [0.2, 0.25) is 0 Å². The number of guanidine groups is 1. The number of hydrogen-bond donors (Lipinski definition) is 3. The number of esters is 1. The lowest BCUT2D eigenvalue weighted by molar-refractivity contribution is -0.141. The molecule has 1 heterocycles. The van der Waals surface area contributed by atoms with Gasteiger partial charge >= 0.3 is 12.0 Å². The fourth-order valence-electron chi connectivity index (χ4n) is 2.57. The van der Waals surface area contributed by atoms with Crippen LogP contribution in [0.3, 0.4) is 0 Å². The molecule has 5 N–H and O–H groups in total. The Balaban J connectivity index is 2.17. The van der Waals surface area contributed by atoms with Crippen LogP contribution in [0.15, 0.2) is 29.3 Å². The molecule has 0 unspecified atom stereocenters. The molecule has 0 atom stereocenters. The summed E-state index contributed by atoms with van der Waals surface area (Å²) in [5.74, 6) is -2.01. The highest BCUT2D eigenvalue weighted by Gasteiger charge is 2.41. The quantitative estimate of drug-likeness (QED) is 0.176. The molecule has 1 aromatic rings. The summed E-state index contributed by atoms with van der Waals surface area (Å²) in [6.07, 6.45) is 0.276. The maximum atomic E-state index is 12.7. The van der Waals surface area contributed by atoms with Crippen molar-refractivity contribution in [2.45, 2.75) is 13.3 Å². The van der Waals surface area contributed by atoms with Gasteiger partial charge in [0, 0.05) is 13.1 Å². The van der Waals surface area contributed by atoms with Gasteiger partial charge in [-0.15, -0.1) is 0 Å². The maximum absolute atomic E-state index is 12.7. The van der Waals surface area contributed by atoms with Crippen LogP contribution in [-0.4, -0.2) is 66.0 Å². The highest BCUT2D eigenvalue weighted by molar-refractivity contribution is 6.21. The zero-order valence-corrected chi connectivity index (χ0v) is 15.4. The van der Waals surface area contributed by atoms with Crippen molar-refractivity contribution in [3.8, 4) is 0 Å². The van der Waals surface area contributed by atoms with E-state index in [1.165, 1.54) is 12.1 Å². The highest BCUT2D eigenvalue weighted by atomic mass is 16.5. The maximum Gasteiger partial charge on any atom is 0.337 e. The number of imide groups is 1. The molecule has 11 nitrogen and oxygen atoms in total. The van der Waals surface area contributed by atoms with Gasteiger partial charge in [0.25, 0.3) is 11.8 Å². The third kappa shape index (κ3) is 4.75. The lowest BCUT2D eigenvalue weighted by Gasteiger charge is -2.29. The molecule has 4 amide bonds. The van der Waals surface area contributed by atoms with Gasteiger partial charge in [-0.25, -0.2) is 9.80 Å². The van der Waals surface area contributed by atoms with E-state index in [1.807, 2.05) is 0 Å². The summed E-state index contributed by atoms with van der Waals surface area (Å²) in [4.78, 5) is 53.2. The van der Waals surface area contributed by atoms with Crippen LogP contribution in [0.1, 0.15) is 34.1 Å². The molecule has 0 saturated carbocycles. The van der Waals surface area contributed by atoms with Crippen LogP contribution < -0.4 is 16.8 Å². The monoisotopic (exact) mass is 390 g/mol. The number of hydrogen-bond acceptors (Lipinski definition) is 6. The molecule has 0 spiro atoms. The number of amides is 4. The van der Waals surface area contributed by atoms with E-state index in [0.717, 1.165) is 10.0 Å². The van der Waals surface area contributed by atoms with E-state index in [2.05, 4.69) is 10.3 Å². The normalized spacial score (nSPS) is 12.4. The van der Waals surface area contributed by atoms with E-state index >= 15 is 0 Å². The molecule has 0 fully saturated rings. The zero-order chi connectivity index (χ0) is 20.7. The average Bonchev–Trinajstić information content (AvgIpc) is 2.91. The van der Waals surface area contributed by atoms with E-state index in [-0.39, 0.29) is 43.2 Å². The number of urea groups is 1. The molecule has 150 valence electrons. The summed E-state index contributed by atoms with van der Waals surface area (Å²) in [5.41, 5.74) is 10.9. The number of ether oxygens (including phenoxy) is 1. The van der Waals surface area contributed by atoms with Crippen LogP contribution in [0.5, 0.6) is 0 Å². The fraction of sp³-hybridized carbons (Fsp3) is 0.353. The Morgan fingerprint density at radius 2 is 1.79 bits per heavy atom. The second kappa shape index (κ2) is 9.35. The number of benzene rings is 1. The van der Waals surface area contributed by atoms with Crippen molar-refractivity contribution in [2.24, 2.45) is 16.5 Å². The molecule has 0 aliphatic carbocycles. The van der Waals surface area contributed by atoms with Crippen LogP contribution >= 0.6 is 0 Å². The summed E-state index contributed by atoms with van der Waals surface area (Å²) in [6.45, 7) is 1.55. The molecular weight excluding hydrogens is 368 g/mol. The Labute approximate surface area is 161 Å². The first-order chi connectivity index (χ1) is 13.4. The van der Waals surface area contributed by atoms with Crippen molar-refractivity contribution in [3.63, 3.8) is 0 Å². The van der Waals surface area contributed by atoms with Crippen LogP contribution in [0, 0.1) is 0 Å². The topological polar surface area (TPSA) is 160 Å². The molecule has 1 aromatic carbocycles. The molecule has 1 aliphatic heterocycles. The van der Waals surface area contributed by atoms with Crippen LogP contribution in [-0.2, 0) is 9.53 Å². The van der Waals surface area contributed by atoms with Crippen molar-refractivity contribution >= 4 is 29.8 Å². The Kier molecular flexibility index (Phi) is 6.90. The molecule has 0 bridgehead atoms. The number of nitrogens with zero attached hydrogens (tertiary/aromatic N) is 3. The average molecular weight is 390 g/mol. The lowest BCUT2D eigenvalue weighted by atomic mass is 10.1. The third-order valence-corrected chi connectivity index (χ3v) is 3.76. The van der Waals surface area contributed by atoms with E-state index in [0.29, 0.717) is 0 Å². The first-order valence-corrected chi connectivity index (χ1v) is 8.61. The Bertz CT molecular complexity index is 770. The van der Waals surface area contributed by atoms with Crippen molar-refractivity contribution < 1.29 is 23.9 Å².